The lowest BCUT2D eigenvalue weighted by Crippen LogP contribution is -2.42. The molecule has 1 aliphatic heterocycles. The van der Waals surface area contributed by atoms with Gasteiger partial charge in [0.2, 0.25) is 5.75 Å². The Bertz CT molecular complexity index is 455. The lowest BCUT2D eigenvalue weighted by Gasteiger charge is -2.31. The second-order valence-corrected chi connectivity index (χ2v) is 4.03. The summed E-state index contributed by atoms with van der Waals surface area (Å²) in [5, 5.41) is 0. The molecule has 1 heterocycles. The van der Waals surface area contributed by atoms with Crippen LogP contribution in [0.1, 0.15) is 16.8 Å². The largest absolute Gasteiger partial charge is 0.493 e. The molecule has 0 aromatic heterocycles. The minimum atomic E-state index is -0.0287. The van der Waals surface area contributed by atoms with Gasteiger partial charge in [-0.1, -0.05) is 0 Å². The maximum Gasteiger partial charge on any atom is 0.257 e. The molecule has 1 aromatic carbocycles. The third-order valence-corrected chi connectivity index (χ3v) is 3.08. The molecule has 0 N–H and O–H groups in total. The Kier molecular flexibility index (Phi) is 3.60. The number of rotatable bonds is 4. The fraction of sp³-hybridized carbons (Fsp3) is 0.462. The summed E-state index contributed by atoms with van der Waals surface area (Å²) in [5.74, 6) is 1.40. The minimum Gasteiger partial charge on any atom is -0.493 e. The van der Waals surface area contributed by atoms with E-state index in [1.165, 1.54) is 14.2 Å². The molecule has 0 unspecified atom stereocenters. The fourth-order valence-corrected chi connectivity index (χ4v) is 1.96. The zero-order valence-electron chi connectivity index (χ0n) is 10.9. The topological polar surface area (TPSA) is 48.0 Å². The molecular formula is C13H17NO4. The van der Waals surface area contributed by atoms with E-state index in [0.717, 1.165) is 19.5 Å². The highest BCUT2D eigenvalue weighted by Gasteiger charge is 2.27. The Labute approximate surface area is 106 Å². The van der Waals surface area contributed by atoms with E-state index in [-0.39, 0.29) is 5.91 Å². The fourth-order valence-electron chi connectivity index (χ4n) is 1.96. The van der Waals surface area contributed by atoms with Crippen molar-refractivity contribution in [2.45, 2.75) is 6.42 Å². The van der Waals surface area contributed by atoms with Crippen LogP contribution >= 0.6 is 0 Å². The van der Waals surface area contributed by atoms with E-state index < -0.39 is 0 Å². The number of ether oxygens (including phenoxy) is 3. The van der Waals surface area contributed by atoms with E-state index in [1.54, 1.807) is 24.1 Å². The molecular weight excluding hydrogens is 234 g/mol. The van der Waals surface area contributed by atoms with Crippen LogP contribution in [0, 0.1) is 0 Å². The summed E-state index contributed by atoms with van der Waals surface area (Å²) < 4.78 is 15.7. The second-order valence-electron chi connectivity index (χ2n) is 4.03. The van der Waals surface area contributed by atoms with Crippen molar-refractivity contribution >= 4 is 5.91 Å². The van der Waals surface area contributed by atoms with E-state index in [9.17, 15) is 4.79 Å². The molecule has 0 atom stereocenters. The second kappa shape index (κ2) is 5.16. The van der Waals surface area contributed by atoms with Gasteiger partial charge in [0.1, 0.15) is 0 Å². The molecule has 1 fully saturated rings. The van der Waals surface area contributed by atoms with Gasteiger partial charge in [0.05, 0.1) is 26.9 Å². The Hall–Kier alpha value is -1.91. The molecule has 5 heteroatoms. The molecule has 2 rings (SSSR count). The molecule has 0 bridgehead atoms. The molecule has 0 spiro atoms. The molecule has 0 saturated carbocycles. The number of amides is 1. The van der Waals surface area contributed by atoms with Gasteiger partial charge in [0.25, 0.3) is 5.91 Å². The Morgan fingerprint density at radius 3 is 2.17 bits per heavy atom. The highest BCUT2D eigenvalue weighted by Crippen LogP contribution is 2.40. The summed E-state index contributed by atoms with van der Waals surface area (Å²) in [6, 6.07) is 3.43. The third-order valence-electron chi connectivity index (χ3n) is 3.08. The van der Waals surface area contributed by atoms with Crippen molar-refractivity contribution in [2.24, 2.45) is 0 Å². The van der Waals surface area contributed by atoms with Crippen molar-refractivity contribution < 1.29 is 19.0 Å². The Morgan fingerprint density at radius 2 is 1.72 bits per heavy atom. The van der Waals surface area contributed by atoms with Crippen LogP contribution in [0.3, 0.4) is 0 Å². The van der Waals surface area contributed by atoms with E-state index in [0.29, 0.717) is 22.8 Å². The normalized spacial score (nSPS) is 13.8. The predicted molar refractivity (Wildman–Crippen MR) is 66.6 cm³/mol. The lowest BCUT2D eigenvalue weighted by molar-refractivity contribution is 0.0647. The first-order chi connectivity index (χ1) is 8.72. The van der Waals surface area contributed by atoms with Gasteiger partial charge in [0, 0.05) is 13.1 Å². The first kappa shape index (κ1) is 12.5. The zero-order valence-corrected chi connectivity index (χ0v) is 10.9. The third kappa shape index (κ3) is 1.96. The standard InChI is InChI=1S/C13H17NO4/c1-16-10-6-5-9(11(17-2)12(10)18-3)13(15)14-7-4-8-14/h5-6H,4,7-8H2,1-3H3. The van der Waals surface area contributed by atoms with Crippen molar-refractivity contribution in [3.8, 4) is 17.2 Å². The number of hydrogen-bond acceptors (Lipinski definition) is 4. The van der Waals surface area contributed by atoms with Crippen LogP contribution in [-0.2, 0) is 0 Å². The van der Waals surface area contributed by atoms with E-state index in [4.69, 9.17) is 14.2 Å². The van der Waals surface area contributed by atoms with Crippen molar-refractivity contribution in [1.29, 1.82) is 0 Å². The van der Waals surface area contributed by atoms with Crippen molar-refractivity contribution in [3.63, 3.8) is 0 Å². The smallest absolute Gasteiger partial charge is 0.257 e. The van der Waals surface area contributed by atoms with Gasteiger partial charge in [-0.05, 0) is 18.6 Å². The van der Waals surface area contributed by atoms with Crippen molar-refractivity contribution in [2.75, 3.05) is 34.4 Å². The molecule has 98 valence electrons. The van der Waals surface area contributed by atoms with Gasteiger partial charge < -0.3 is 19.1 Å². The number of nitrogens with zero attached hydrogens (tertiary/aromatic N) is 1. The van der Waals surface area contributed by atoms with Crippen LogP contribution in [0.25, 0.3) is 0 Å². The average molecular weight is 251 g/mol. The summed E-state index contributed by atoms with van der Waals surface area (Å²) in [4.78, 5) is 14.0. The van der Waals surface area contributed by atoms with Gasteiger partial charge in [-0.15, -0.1) is 0 Å². The van der Waals surface area contributed by atoms with Gasteiger partial charge >= 0.3 is 0 Å². The number of likely N-dealkylation sites (tertiary alicyclic amines) is 1. The van der Waals surface area contributed by atoms with Crippen LogP contribution in [0.15, 0.2) is 12.1 Å². The van der Waals surface area contributed by atoms with E-state index in [2.05, 4.69) is 0 Å². The lowest BCUT2D eigenvalue weighted by atomic mass is 10.1. The Morgan fingerprint density at radius 1 is 1.06 bits per heavy atom. The van der Waals surface area contributed by atoms with Crippen LogP contribution < -0.4 is 14.2 Å². The zero-order chi connectivity index (χ0) is 13.1. The summed E-state index contributed by atoms with van der Waals surface area (Å²) in [7, 11) is 4.59. The molecule has 1 amide bonds. The summed E-state index contributed by atoms with van der Waals surface area (Å²) in [6.07, 6.45) is 1.06. The molecule has 0 radical (unpaired) electrons. The molecule has 1 aliphatic rings. The molecule has 1 aromatic rings. The Balaban J connectivity index is 2.43. The van der Waals surface area contributed by atoms with Gasteiger partial charge in [-0.2, -0.15) is 0 Å². The predicted octanol–water partition coefficient (Wildman–Crippen LogP) is 1.56. The molecule has 0 aliphatic carbocycles. The first-order valence-electron chi connectivity index (χ1n) is 5.81. The number of carbonyl (C=O) groups is 1. The summed E-state index contributed by atoms with van der Waals surface area (Å²) >= 11 is 0. The number of methoxy groups -OCH3 is 3. The highest BCUT2D eigenvalue weighted by atomic mass is 16.5. The van der Waals surface area contributed by atoms with Crippen LogP contribution in [0.2, 0.25) is 0 Å². The molecule has 18 heavy (non-hydrogen) atoms. The van der Waals surface area contributed by atoms with E-state index in [1.807, 2.05) is 0 Å². The maximum absolute atomic E-state index is 12.2. The SMILES string of the molecule is COc1ccc(C(=O)N2CCC2)c(OC)c1OC. The van der Waals surface area contributed by atoms with Crippen LogP contribution in [0.5, 0.6) is 17.2 Å². The summed E-state index contributed by atoms with van der Waals surface area (Å²) in [6.45, 7) is 1.60. The van der Waals surface area contributed by atoms with Gasteiger partial charge in [0.15, 0.2) is 11.5 Å². The molecule has 5 nitrogen and oxygen atoms in total. The number of hydrogen-bond donors (Lipinski definition) is 0. The van der Waals surface area contributed by atoms with Gasteiger partial charge in [-0.25, -0.2) is 0 Å². The average Bonchev–Trinajstić information content (AvgIpc) is 2.34. The van der Waals surface area contributed by atoms with Crippen molar-refractivity contribution in [3.05, 3.63) is 17.7 Å². The molecule has 1 saturated heterocycles. The summed E-state index contributed by atoms with van der Waals surface area (Å²) in [5.41, 5.74) is 0.509. The quantitative estimate of drug-likeness (QED) is 0.814. The first-order valence-corrected chi connectivity index (χ1v) is 5.81. The maximum atomic E-state index is 12.2. The van der Waals surface area contributed by atoms with Crippen LogP contribution in [-0.4, -0.2) is 45.2 Å². The number of carbonyl (C=O) groups excluding carboxylic acids is 1. The monoisotopic (exact) mass is 251 g/mol. The van der Waals surface area contributed by atoms with Crippen molar-refractivity contribution in [1.82, 2.24) is 4.90 Å². The van der Waals surface area contributed by atoms with Crippen LogP contribution in [0.4, 0.5) is 0 Å². The number of benzene rings is 1. The van der Waals surface area contributed by atoms with E-state index >= 15 is 0 Å². The van der Waals surface area contributed by atoms with Gasteiger partial charge in [-0.3, -0.25) is 4.79 Å². The highest BCUT2D eigenvalue weighted by molar-refractivity contribution is 5.98. The minimum absolute atomic E-state index is 0.0287.